The molecule has 1 saturated heterocycles. The van der Waals surface area contributed by atoms with Gasteiger partial charge in [0.2, 0.25) is 0 Å². The van der Waals surface area contributed by atoms with Gasteiger partial charge in [-0.2, -0.15) is 18.4 Å². The zero-order valence-corrected chi connectivity index (χ0v) is 11.9. The van der Waals surface area contributed by atoms with Crippen LogP contribution in [-0.4, -0.2) is 36.2 Å². The highest BCUT2D eigenvalue weighted by molar-refractivity contribution is 8.00. The first-order valence-corrected chi connectivity index (χ1v) is 7.85. The van der Waals surface area contributed by atoms with E-state index in [1.54, 1.807) is 0 Å². The lowest BCUT2D eigenvalue weighted by Gasteiger charge is -2.36. The summed E-state index contributed by atoms with van der Waals surface area (Å²) < 4.78 is 47.6. The van der Waals surface area contributed by atoms with Crippen LogP contribution in [0.3, 0.4) is 0 Å². The van der Waals surface area contributed by atoms with Gasteiger partial charge in [0.05, 0.1) is 31.0 Å². The van der Waals surface area contributed by atoms with Crippen molar-refractivity contribution in [1.29, 1.82) is 5.26 Å². The zero-order valence-electron chi connectivity index (χ0n) is 11.1. The molecule has 1 spiro atoms. The van der Waals surface area contributed by atoms with E-state index in [1.807, 2.05) is 0 Å². The Morgan fingerprint density at radius 2 is 1.85 bits per heavy atom. The molecule has 1 atom stereocenters. The molecule has 114 valence electrons. The van der Waals surface area contributed by atoms with Crippen LogP contribution >= 0.6 is 11.8 Å². The molecule has 2 fully saturated rings. The third-order valence-corrected chi connectivity index (χ3v) is 5.13. The maximum absolute atomic E-state index is 12.1. The molecule has 20 heavy (non-hydrogen) atoms. The topological polar surface area (TPSA) is 42.2 Å². The maximum atomic E-state index is 12.1. The van der Waals surface area contributed by atoms with Gasteiger partial charge in [0, 0.05) is 18.6 Å². The zero-order chi connectivity index (χ0) is 14.6. The van der Waals surface area contributed by atoms with Crippen LogP contribution in [-0.2, 0) is 9.47 Å². The third kappa shape index (κ3) is 4.27. The molecule has 0 radical (unpaired) electrons. The standard InChI is InChI=1S/C13H18F3NO2S/c14-13(15,16)5-8-20-11(9-17)10-1-3-12(4-2-10)18-6-7-19-12/h10-11H,1-8H2. The first-order valence-electron chi connectivity index (χ1n) is 6.80. The summed E-state index contributed by atoms with van der Waals surface area (Å²) in [5.41, 5.74) is 0. The molecule has 1 aliphatic carbocycles. The molecule has 1 saturated carbocycles. The van der Waals surface area contributed by atoms with E-state index in [9.17, 15) is 13.2 Å². The molecule has 1 unspecified atom stereocenters. The molecule has 1 heterocycles. The van der Waals surface area contributed by atoms with Crippen molar-refractivity contribution in [3.63, 3.8) is 0 Å². The summed E-state index contributed by atoms with van der Waals surface area (Å²) in [5, 5.41) is 8.79. The number of halogens is 3. The van der Waals surface area contributed by atoms with Crippen molar-refractivity contribution in [3.05, 3.63) is 0 Å². The minimum Gasteiger partial charge on any atom is -0.348 e. The Bertz CT molecular complexity index is 354. The number of thioether (sulfide) groups is 1. The molecular weight excluding hydrogens is 291 g/mol. The summed E-state index contributed by atoms with van der Waals surface area (Å²) in [6.07, 6.45) is -1.96. The number of rotatable bonds is 4. The smallest absolute Gasteiger partial charge is 0.348 e. The first-order chi connectivity index (χ1) is 9.44. The second kappa shape index (κ2) is 6.54. The fourth-order valence-electron chi connectivity index (χ4n) is 2.75. The minimum absolute atomic E-state index is 0.0453. The van der Waals surface area contributed by atoms with Crippen molar-refractivity contribution >= 4 is 11.8 Å². The molecule has 0 aromatic rings. The summed E-state index contributed by atoms with van der Waals surface area (Å²) in [7, 11) is 0. The van der Waals surface area contributed by atoms with Crippen LogP contribution in [0.15, 0.2) is 0 Å². The van der Waals surface area contributed by atoms with Crippen molar-refractivity contribution in [2.45, 2.75) is 49.3 Å². The molecule has 2 aliphatic rings. The SMILES string of the molecule is N#CC(SCCC(F)(F)F)C1CCC2(CC1)OCCO2. The number of hydrogen-bond acceptors (Lipinski definition) is 4. The average molecular weight is 309 g/mol. The highest BCUT2D eigenvalue weighted by Crippen LogP contribution is 2.41. The van der Waals surface area contributed by atoms with Gasteiger partial charge in [-0.3, -0.25) is 0 Å². The van der Waals surface area contributed by atoms with Gasteiger partial charge < -0.3 is 9.47 Å². The Balaban J connectivity index is 1.77. The summed E-state index contributed by atoms with van der Waals surface area (Å²) in [6, 6.07) is 2.15. The normalized spacial score (nSPS) is 24.7. The van der Waals surface area contributed by atoms with Gasteiger partial charge in [0.1, 0.15) is 0 Å². The predicted molar refractivity (Wildman–Crippen MR) is 69.1 cm³/mol. The van der Waals surface area contributed by atoms with Crippen LogP contribution in [0.4, 0.5) is 13.2 Å². The van der Waals surface area contributed by atoms with Gasteiger partial charge in [-0.15, -0.1) is 11.8 Å². The summed E-state index contributed by atoms with van der Waals surface area (Å²) in [6.45, 7) is 1.21. The van der Waals surface area contributed by atoms with Gasteiger partial charge in [-0.1, -0.05) is 0 Å². The molecule has 1 aliphatic heterocycles. The second-order valence-electron chi connectivity index (χ2n) is 5.23. The highest BCUT2D eigenvalue weighted by Gasteiger charge is 2.42. The van der Waals surface area contributed by atoms with E-state index < -0.39 is 18.4 Å². The average Bonchev–Trinajstić information content (AvgIpc) is 2.83. The summed E-state index contributed by atoms with van der Waals surface area (Å²) >= 11 is 1.12. The Morgan fingerprint density at radius 1 is 1.25 bits per heavy atom. The summed E-state index contributed by atoms with van der Waals surface area (Å²) in [5.74, 6) is -0.388. The minimum atomic E-state index is -4.14. The molecule has 0 aromatic carbocycles. The predicted octanol–water partition coefficient (Wildman–Crippen LogP) is 3.50. The van der Waals surface area contributed by atoms with E-state index in [1.165, 1.54) is 0 Å². The fourth-order valence-corrected chi connectivity index (χ4v) is 3.97. The maximum Gasteiger partial charge on any atom is 0.389 e. The lowest BCUT2D eigenvalue weighted by atomic mass is 9.83. The number of hydrogen-bond donors (Lipinski definition) is 0. The van der Waals surface area contributed by atoms with Gasteiger partial charge >= 0.3 is 6.18 Å². The van der Waals surface area contributed by atoms with Crippen molar-refractivity contribution in [1.82, 2.24) is 0 Å². The molecule has 0 N–H and O–H groups in total. The largest absolute Gasteiger partial charge is 0.389 e. The van der Waals surface area contributed by atoms with E-state index >= 15 is 0 Å². The molecule has 3 nitrogen and oxygen atoms in total. The first kappa shape index (κ1) is 15.9. The van der Waals surface area contributed by atoms with Gasteiger partial charge in [-0.25, -0.2) is 0 Å². The van der Waals surface area contributed by atoms with E-state index in [0.29, 0.717) is 13.2 Å². The third-order valence-electron chi connectivity index (χ3n) is 3.84. The quantitative estimate of drug-likeness (QED) is 0.797. The van der Waals surface area contributed by atoms with E-state index in [0.717, 1.165) is 37.4 Å². The van der Waals surface area contributed by atoms with Crippen molar-refractivity contribution in [3.8, 4) is 6.07 Å². The van der Waals surface area contributed by atoms with Gasteiger partial charge in [-0.05, 0) is 18.8 Å². The molecule has 2 rings (SSSR count). The molecule has 0 amide bonds. The summed E-state index contributed by atoms with van der Waals surface area (Å²) in [4.78, 5) is 0. The van der Waals surface area contributed by atoms with Crippen LogP contribution in [0, 0.1) is 17.2 Å². The number of nitriles is 1. The van der Waals surface area contributed by atoms with E-state index in [2.05, 4.69) is 6.07 Å². The van der Waals surface area contributed by atoms with E-state index in [-0.39, 0.29) is 16.9 Å². The second-order valence-corrected chi connectivity index (χ2v) is 6.48. The van der Waals surface area contributed by atoms with Crippen LogP contribution in [0.1, 0.15) is 32.1 Å². The Kier molecular flexibility index (Phi) is 5.21. The van der Waals surface area contributed by atoms with Crippen molar-refractivity contribution < 1.29 is 22.6 Å². The Hall–Kier alpha value is -0.450. The van der Waals surface area contributed by atoms with Gasteiger partial charge in [0.25, 0.3) is 0 Å². The van der Waals surface area contributed by atoms with E-state index in [4.69, 9.17) is 14.7 Å². The Labute approximate surface area is 120 Å². The number of nitrogens with zero attached hydrogens (tertiary/aromatic N) is 1. The van der Waals surface area contributed by atoms with Crippen molar-refractivity contribution in [2.75, 3.05) is 19.0 Å². The molecule has 0 aromatic heterocycles. The molecule has 0 bridgehead atoms. The van der Waals surface area contributed by atoms with Crippen LogP contribution in [0.25, 0.3) is 0 Å². The van der Waals surface area contributed by atoms with Crippen molar-refractivity contribution in [2.24, 2.45) is 5.92 Å². The number of alkyl halides is 3. The number of ether oxygens (including phenoxy) is 2. The highest BCUT2D eigenvalue weighted by atomic mass is 32.2. The van der Waals surface area contributed by atoms with Crippen LogP contribution in [0.5, 0.6) is 0 Å². The monoisotopic (exact) mass is 309 g/mol. The lowest BCUT2D eigenvalue weighted by molar-refractivity contribution is -0.182. The van der Waals surface area contributed by atoms with Crippen LogP contribution < -0.4 is 0 Å². The lowest BCUT2D eigenvalue weighted by Crippen LogP contribution is -2.37. The molecular formula is C13H18F3NO2S. The van der Waals surface area contributed by atoms with Gasteiger partial charge in [0.15, 0.2) is 5.79 Å². The Morgan fingerprint density at radius 3 is 2.35 bits per heavy atom. The van der Waals surface area contributed by atoms with Crippen LogP contribution in [0.2, 0.25) is 0 Å². The molecule has 7 heteroatoms. The fraction of sp³-hybridized carbons (Fsp3) is 0.923.